The summed E-state index contributed by atoms with van der Waals surface area (Å²) in [4.78, 5) is 4.50. The Morgan fingerprint density at radius 3 is 2.53 bits per heavy atom. The summed E-state index contributed by atoms with van der Waals surface area (Å²) in [5.41, 5.74) is 2.72. The van der Waals surface area contributed by atoms with Crippen molar-refractivity contribution in [3.05, 3.63) is 54.7 Å². The average Bonchev–Trinajstić information content (AvgIpc) is 2.78. The van der Waals surface area contributed by atoms with Gasteiger partial charge in [-0.3, -0.25) is 4.98 Å². The molecular weight excluding hydrogens is 210 g/mol. The van der Waals surface area contributed by atoms with Crippen LogP contribution in [0.4, 0.5) is 0 Å². The minimum absolute atomic E-state index is 0.879. The molecule has 2 nitrogen and oxygen atoms in total. The lowest BCUT2D eigenvalue weighted by Crippen LogP contribution is -1.77. The topological polar surface area (TPSA) is 26.0 Å². The average molecular weight is 219 g/mol. The van der Waals surface area contributed by atoms with Crippen molar-refractivity contribution in [3.8, 4) is 0 Å². The maximum Gasteiger partial charge on any atom is 0.161 e. The Hall–Kier alpha value is -2.35. The molecule has 4 rings (SSSR count). The monoisotopic (exact) mass is 219 g/mol. The first-order valence-corrected chi connectivity index (χ1v) is 5.58. The van der Waals surface area contributed by atoms with Gasteiger partial charge in [0, 0.05) is 22.4 Å². The van der Waals surface area contributed by atoms with Crippen molar-refractivity contribution < 1.29 is 4.42 Å². The van der Waals surface area contributed by atoms with Crippen LogP contribution < -0.4 is 0 Å². The van der Waals surface area contributed by atoms with Crippen LogP contribution in [0.5, 0.6) is 0 Å². The molecule has 0 spiro atoms. The van der Waals surface area contributed by atoms with E-state index in [1.54, 1.807) is 0 Å². The molecule has 0 bridgehead atoms. The smallest absolute Gasteiger partial charge is 0.161 e. The van der Waals surface area contributed by atoms with Crippen molar-refractivity contribution in [2.24, 2.45) is 0 Å². The first-order valence-electron chi connectivity index (χ1n) is 5.58. The number of nitrogens with zero attached hydrogens (tertiary/aromatic N) is 1. The van der Waals surface area contributed by atoms with Crippen molar-refractivity contribution in [2.45, 2.75) is 0 Å². The van der Waals surface area contributed by atoms with E-state index in [1.807, 2.05) is 42.6 Å². The number of aromatic nitrogens is 1. The number of hydrogen-bond acceptors (Lipinski definition) is 2. The van der Waals surface area contributed by atoms with Gasteiger partial charge in [0.25, 0.3) is 0 Å². The number of benzene rings is 2. The lowest BCUT2D eigenvalue weighted by molar-refractivity contribution is 0.672. The first kappa shape index (κ1) is 8.76. The van der Waals surface area contributed by atoms with Crippen molar-refractivity contribution in [3.63, 3.8) is 0 Å². The van der Waals surface area contributed by atoms with Gasteiger partial charge in [-0.05, 0) is 12.1 Å². The fourth-order valence-corrected chi connectivity index (χ4v) is 2.29. The minimum Gasteiger partial charge on any atom is -0.454 e. The molecule has 0 saturated carbocycles. The highest BCUT2D eigenvalue weighted by Crippen LogP contribution is 2.31. The standard InChI is InChI=1S/C15H9NO/c1-2-6-11-10(5-1)9-16-14-12-7-3-4-8-13(12)17-15(11)14/h1-9H. The van der Waals surface area contributed by atoms with Crippen LogP contribution >= 0.6 is 0 Å². The van der Waals surface area contributed by atoms with Gasteiger partial charge in [-0.1, -0.05) is 36.4 Å². The number of rotatable bonds is 0. The van der Waals surface area contributed by atoms with Gasteiger partial charge >= 0.3 is 0 Å². The van der Waals surface area contributed by atoms with Crippen LogP contribution in [0.2, 0.25) is 0 Å². The van der Waals surface area contributed by atoms with Gasteiger partial charge < -0.3 is 4.42 Å². The zero-order valence-electron chi connectivity index (χ0n) is 9.05. The number of para-hydroxylation sites is 1. The number of furan rings is 1. The van der Waals surface area contributed by atoms with E-state index in [9.17, 15) is 0 Å². The number of hydrogen-bond donors (Lipinski definition) is 0. The third-order valence-electron chi connectivity index (χ3n) is 3.11. The van der Waals surface area contributed by atoms with Crippen molar-refractivity contribution in [1.82, 2.24) is 4.98 Å². The predicted molar refractivity (Wildman–Crippen MR) is 69.0 cm³/mol. The second-order valence-electron chi connectivity index (χ2n) is 4.12. The lowest BCUT2D eigenvalue weighted by Gasteiger charge is -1.96. The number of fused-ring (bicyclic) bond motifs is 5. The van der Waals surface area contributed by atoms with Crippen molar-refractivity contribution >= 4 is 32.8 Å². The molecule has 2 aromatic heterocycles. The molecule has 0 unspecified atom stereocenters. The summed E-state index contributed by atoms with van der Waals surface area (Å²) in [7, 11) is 0. The van der Waals surface area contributed by atoms with Gasteiger partial charge in [0.2, 0.25) is 0 Å². The Kier molecular flexibility index (Phi) is 1.59. The number of pyridine rings is 1. The molecule has 4 aromatic rings. The molecular formula is C15H9NO. The van der Waals surface area contributed by atoms with E-state index in [0.29, 0.717) is 0 Å². The quantitative estimate of drug-likeness (QED) is 0.444. The minimum atomic E-state index is 0.879. The second kappa shape index (κ2) is 3.08. The summed E-state index contributed by atoms with van der Waals surface area (Å²) < 4.78 is 5.90. The van der Waals surface area contributed by atoms with Crippen LogP contribution in [-0.2, 0) is 0 Å². The van der Waals surface area contributed by atoms with Crippen LogP contribution in [0.3, 0.4) is 0 Å². The summed E-state index contributed by atoms with van der Waals surface area (Å²) in [5.74, 6) is 0. The zero-order valence-corrected chi connectivity index (χ0v) is 9.05. The molecule has 0 saturated heterocycles. The van der Waals surface area contributed by atoms with Crippen LogP contribution in [0.25, 0.3) is 32.8 Å². The van der Waals surface area contributed by atoms with Gasteiger partial charge in [-0.25, -0.2) is 0 Å². The summed E-state index contributed by atoms with van der Waals surface area (Å²) >= 11 is 0. The molecule has 0 aliphatic heterocycles. The molecule has 0 fully saturated rings. The first-order chi connectivity index (χ1) is 8.43. The van der Waals surface area contributed by atoms with Gasteiger partial charge in [-0.15, -0.1) is 0 Å². The molecule has 0 amide bonds. The highest BCUT2D eigenvalue weighted by molar-refractivity contribution is 6.12. The van der Waals surface area contributed by atoms with Gasteiger partial charge in [0.1, 0.15) is 11.1 Å². The van der Waals surface area contributed by atoms with Gasteiger partial charge in [-0.2, -0.15) is 0 Å². The summed E-state index contributed by atoms with van der Waals surface area (Å²) in [6.45, 7) is 0. The Labute approximate surface area is 97.5 Å². The largest absolute Gasteiger partial charge is 0.454 e. The third kappa shape index (κ3) is 1.12. The maximum atomic E-state index is 5.90. The van der Waals surface area contributed by atoms with E-state index in [0.717, 1.165) is 32.8 Å². The lowest BCUT2D eigenvalue weighted by atomic mass is 10.1. The van der Waals surface area contributed by atoms with E-state index in [1.165, 1.54) is 0 Å². The predicted octanol–water partition coefficient (Wildman–Crippen LogP) is 4.13. The second-order valence-corrected chi connectivity index (χ2v) is 4.12. The molecule has 80 valence electrons. The summed E-state index contributed by atoms with van der Waals surface area (Å²) in [6.07, 6.45) is 1.90. The molecule has 17 heavy (non-hydrogen) atoms. The molecule has 2 heterocycles. The SMILES string of the molecule is c1ccc2c(c1)cnc1c3ccccc3oc21. The molecule has 2 aromatic carbocycles. The van der Waals surface area contributed by atoms with E-state index >= 15 is 0 Å². The maximum absolute atomic E-state index is 5.90. The van der Waals surface area contributed by atoms with Gasteiger partial charge in [0.15, 0.2) is 5.58 Å². The highest BCUT2D eigenvalue weighted by Gasteiger charge is 2.09. The van der Waals surface area contributed by atoms with Crippen LogP contribution in [-0.4, -0.2) is 4.98 Å². The normalized spacial score (nSPS) is 11.5. The molecule has 0 aliphatic carbocycles. The van der Waals surface area contributed by atoms with Crippen LogP contribution in [0, 0.1) is 0 Å². The van der Waals surface area contributed by atoms with E-state index in [2.05, 4.69) is 17.1 Å². The van der Waals surface area contributed by atoms with E-state index in [-0.39, 0.29) is 0 Å². The fraction of sp³-hybridized carbons (Fsp3) is 0. The Morgan fingerprint density at radius 2 is 1.59 bits per heavy atom. The van der Waals surface area contributed by atoms with Crippen molar-refractivity contribution in [1.29, 1.82) is 0 Å². The van der Waals surface area contributed by atoms with Crippen LogP contribution in [0.15, 0.2) is 59.1 Å². The highest BCUT2D eigenvalue weighted by atomic mass is 16.3. The summed E-state index contributed by atoms with van der Waals surface area (Å²) in [5, 5.41) is 3.31. The Morgan fingerprint density at radius 1 is 0.824 bits per heavy atom. The van der Waals surface area contributed by atoms with Crippen molar-refractivity contribution in [2.75, 3.05) is 0 Å². The molecule has 0 atom stereocenters. The third-order valence-corrected chi connectivity index (χ3v) is 3.11. The fourth-order valence-electron chi connectivity index (χ4n) is 2.29. The molecule has 2 heteroatoms. The van der Waals surface area contributed by atoms with Gasteiger partial charge in [0.05, 0.1) is 0 Å². The Balaban J connectivity index is 2.34. The Bertz CT molecular complexity index is 845. The van der Waals surface area contributed by atoms with E-state index < -0.39 is 0 Å². The summed E-state index contributed by atoms with van der Waals surface area (Å²) in [6, 6.07) is 16.2. The zero-order chi connectivity index (χ0) is 11.2. The molecule has 0 N–H and O–H groups in total. The molecule has 0 aliphatic rings. The van der Waals surface area contributed by atoms with Crippen LogP contribution in [0.1, 0.15) is 0 Å². The van der Waals surface area contributed by atoms with E-state index in [4.69, 9.17) is 4.42 Å². The molecule has 0 radical (unpaired) electrons.